The van der Waals surface area contributed by atoms with Gasteiger partial charge in [-0.15, -0.1) is 23.2 Å². The number of ether oxygens (including phenoxy) is 1. The summed E-state index contributed by atoms with van der Waals surface area (Å²) in [5.74, 6) is 1.84. The first kappa shape index (κ1) is 18.1. The van der Waals surface area contributed by atoms with Gasteiger partial charge in [0.25, 0.3) is 0 Å². The van der Waals surface area contributed by atoms with Crippen molar-refractivity contribution in [2.45, 2.75) is 12.8 Å². The molecule has 0 aromatic heterocycles. The Hall–Kier alpha value is -0.970. The van der Waals surface area contributed by atoms with E-state index in [0.717, 1.165) is 18.8 Å². The van der Waals surface area contributed by atoms with E-state index in [1.165, 1.54) is 0 Å². The fourth-order valence-electron chi connectivity index (χ4n) is 1.86. The number of nitrogens with two attached hydrogens (primary N) is 1. The zero-order valence-electron chi connectivity index (χ0n) is 12.1. The Morgan fingerprint density at radius 1 is 1.14 bits per heavy atom. The lowest BCUT2D eigenvalue weighted by Crippen LogP contribution is -2.27. The number of Topliss-reactive ketones (excluding diaryl/α,β-unsaturated/α-hetero) is 1. The molecule has 0 saturated carbocycles. The first-order valence-electron chi connectivity index (χ1n) is 7.02. The van der Waals surface area contributed by atoms with Gasteiger partial charge >= 0.3 is 0 Å². The van der Waals surface area contributed by atoms with Gasteiger partial charge in [-0.1, -0.05) is 0 Å². The smallest absolute Gasteiger partial charge is 0.170 e. The number of alkyl halides is 2. The largest absolute Gasteiger partial charge is 0.486 e. The van der Waals surface area contributed by atoms with E-state index in [0.29, 0.717) is 36.9 Å². The number of anilines is 1. The second kappa shape index (κ2) is 10.7. The number of carbonyl (C=O) groups excluding carboxylic acids is 1. The Morgan fingerprint density at radius 3 is 2.29 bits per heavy atom. The molecule has 6 heteroatoms. The van der Waals surface area contributed by atoms with Crippen LogP contribution in [0.1, 0.15) is 12.8 Å². The van der Waals surface area contributed by atoms with Gasteiger partial charge in [0.1, 0.15) is 12.4 Å². The summed E-state index contributed by atoms with van der Waals surface area (Å²) in [4.78, 5) is 13.6. The number of nitrogens with zero attached hydrogens (tertiary/aromatic N) is 1. The average Bonchev–Trinajstić information content (AvgIpc) is 2.51. The highest BCUT2D eigenvalue weighted by molar-refractivity contribution is 6.18. The van der Waals surface area contributed by atoms with Crippen molar-refractivity contribution in [1.82, 2.24) is 0 Å². The molecule has 1 aromatic carbocycles. The zero-order chi connectivity index (χ0) is 15.5. The van der Waals surface area contributed by atoms with Gasteiger partial charge in [-0.25, -0.2) is 0 Å². The van der Waals surface area contributed by atoms with Gasteiger partial charge in [-0.3, -0.25) is 4.79 Å². The molecule has 0 unspecified atom stereocenters. The summed E-state index contributed by atoms with van der Waals surface area (Å²) in [7, 11) is 0. The van der Waals surface area contributed by atoms with Crippen LogP contribution in [0.3, 0.4) is 0 Å². The fourth-order valence-corrected chi connectivity index (χ4v) is 2.27. The topological polar surface area (TPSA) is 55.6 Å². The van der Waals surface area contributed by atoms with Crippen molar-refractivity contribution in [1.29, 1.82) is 0 Å². The first-order valence-corrected chi connectivity index (χ1v) is 8.09. The number of hydrogen-bond acceptors (Lipinski definition) is 4. The SMILES string of the molecule is NCCCC(=O)COc1ccc(N(CCCl)CCCl)cc1. The minimum absolute atomic E-state index is 0.0652. The number of benzene rings is 1. The number of ketones is 1. The number of carbonyl (C=O) groups is 1. The molecule has 21 heavy (non-hydrogen) atoms. The molecule has 0 atom stereocenters. The summed E-state index contributed by atoms with van der Waals surface area (Å²) in [6.45, 7) is 2.10. The third kappa shape index (κ3) is 7.02. The van der Waals surface area contributed by atoms with Crippen LogP contribution in [-0.4, -0.2) is 43.8 Å². The fraction of sp³-hybridized carbons (Fsp3) is 0.533. The summed E-state index contributed by atoms with van der Waals surface area (Å²) in [5, 5.41) is 0. The van der Waals surface area contributed by atoms with Gasteiger partial charge < -0.3 is 15.4 Å². The molecular formula is C15H22Cl2N2O2. The molecular weight excluding hydrogens is 311 g/mol. The van der Waals surface area contributed by atoms with Crippen molar-refractivity contribution in [3.63, 3.8) is 0 Å². The lowest BCUT2D eigenvalue weighted by Gasteiger charge is -2.23. The Bertz CT molecular complexity index is 407. The Morgan fingerprint density at radius 2 is 1.76 bits per heavy atom. The second-order valence-electron chi connectivity index (χ2n) is 4.58. The molecule has 0 radical (unpaired) electrons. The molecule has 1 rings (SSSR count). The predicted molar refractivity (Wildman–Crippen MR) is 88.9 cm³/mol. The van der Waals surface area contributed by atoms with Gasteiger partial charge in [0.15, 0.2) is 5.78 Å². The molecule has 0 bridgehead atoms. The highest BCUT2D eigenvalue weighted by Gasteiger charge is 2.06. The Balaban J connectivity index is 2.50. The van der Waals surface area contributed by atoms with Gasteiger partial charge in [0.05, 0.1) is 0 Å². The van der Waals surface area contributed by atoms with Crippen molar-refractivity contribution >= 4 is 34.7 Å². The van der Waals surface area contributed by atoms with E-state index in [1.807, 2.05) is 24.3 Å². The highest BCUT2D eigenvalue weighted by atomic mass is 35.5. The van der Waals surface area contributed by atoms with Crippen LogP contribution in [0, 0.1) is 0 Å². The monoisotopic (exact) mass is 332 g/mol. The lowest BCUT2D eigenvalue weighted by atomic mass is 10.2. The van der Waals surface area contributed by atoms with Crippen LogP contribution in [-0.2, 0) is 4.79 Å². The van der Waals surface area contributed by atoms with Gasteiger partial charge in [-0.05, 0) is 37.2 Å². The zero-order valence-corrected chi connectivity index (χ0v) is 13.6. The molecule has 0 heterocycles. The van der Waals surface area contributed by atoms with Crippen molar-refractivity contribution in [2.75, 3.05) is 42.9 Å². The highest BCUT2D eigenvalue weighted by Crippen LogP contribution is 2.19. The number of hydrogen-bond donors (Lipinski definition) is 1. The molecule has 0 saturated heterocycles. The van der Waals surface area contributed by atoms with Crippen molar-refractivity contribution in [2.24, 2.45) is 5.73 Å². The van der Waals surface area contributed by atoms with Gasteiger partial charge in [0.2, 0.25) is 0 Å². The van der Waals surface area contributed by atoms with Crippen LogP contribution in [0.5, 0.6) is 5.75 Å². The van der Waals surface area contributed by atoms with E-state index in [2.05, 4.69) is 4.90 Å². The van der Waals surface area contributed by atoms with Crippen molar-refractivity contribution < 1.29 is 9.53 Å². The van der Waals surface area contributed by atoms with E-state index < -0.39 is 0 Å². The van der Waals surface area contributed by atoms with Crippen LogP contribution in [0.2, 0.25) is 0 Å². The molecule has 0 aliphatic carbocycles. The molecule has 1 aromatic rings. The summed E-state index contributed by atoms with van der Waals surface area (Å²) in [5.41, 5.74) is 6.40. The standard InChI is InChI=1S/C15H22Cl2N2O2/c16-7-10-19(11-8-17)13-3-5-15(6-4-13)21-12-14(20)2-1-9-18/h3-6H,1-2,7-12,18H2. The molecule has 0 spiro atoms. The van der Waals surface area contributed by atoms with E-state index in [4.69, 9.17) is 33.7 Å². The lowest BCUT2D eigenvalue weighted by molar-refractivity contribution is -0.121. The molecule has 0 aliphatic rings. The first-order chi connectivity index (χ1) is 10.2. The summed E-state index contributed by atoms with van der Waals surface area (Å²) in [6, 6.07) is 7.58. The maximum absolute atomic E-state index is 11.5. The number of rotatable bonds is 11. The predicted octanol–water partition coefficient (Wildman–Crippen LogP) is 2.66. The molecule has 118 valence electrons. The molecule has 2 N–H and O–H groups in total. The molecule has 0 amide bonds. The minimum Gasteiger partial charge on any atom is -0.486 e. The van der Waals surface area contributed by atoms with E-state index in [1.54, 1.807) is 0 Å². The van der Waals surface area contributed by atoms with E-state index in [9.17, 15) is 4.79 Å². The van der Waals surface area contributed by atoms with Crippen LogP contribution in [0.4, 0.5) is 5.69 Å². The normalized spacial score (nSPS) is 10.4. The van der Waals surface area contributed by atoms with Gasteiger partial charge in [0, 0.05) is 37.0 Å². The third-order valence-corrected chi connectivity index (χ3v) is 3.31. The van der Waals surface area contributed by atoms with Crippen molar-refractivity contribution in [3.05, 3.63) is 24.3 Å². The van der Waals surface area contributed by atoms with Crippen LogP contribution in [0.15, 0.2) is 24.3 Å². The van der Waals surface area contributed by atoms with Gasteiger partial charge in [-0.2, -0.15) is 0 Å². The Labute approximate surface area is 136 Å². The number of halogens is 2. The van der Waals surface area contributed by atoms with E-state index >= 15 is 0 Å². The van der Waals surface area contributed by atoms with E-state index in [-0.39, 0.29) is 12.4 Å². The summed E-state index contributed by atoms with van der Waals surface area (Å²) < 4.78 is 5.46. The third-order valence-electron chi connectivity index (χ3n) is 2.97. The quantitative estimate of drug-likeness (QED) is 0.633. The maximum atomic E-state index is 11.5. The molecule has 4 nitrogen and oxygen atoms in total. The van der Waals surface area contributed by atoms with Crippen LogP contribution < -0.4 is 15.4 Å². The second-order valence-corrected chi connectivity index (χ2v) is 5.33. The minimum atomic E-state index is 0.0652. The van der Waals surface area contributed by atoms with Crippen LogP contribution >= 0.6 is 23.2 Å². The summed E-state index contributed by atoms with van der Waals surface area (Å²) >= 11 is 11.6. The van der Waals surface area contributed by atoms with Crippen LogP contribution in [0.25, 0.3) is 0 Å². The maximum Gasteiger partial charge on any atom is 0.170 e. The summed E-state index contributed by atoms with van der Waals surface area (Å²) in [6.07, 6.45) is 1.17. The average molecular weight is 333 g/mol. The van der Waals surface area contributed by atoms with Crippen molar-refractivity contribution in [3.8, 4) is 5.75 Å². The molecule has 0 aliphatic heterocycles. The Kier molecular flexibility index (Phi) is 9.22. The molecule has 0 fully saturated rings.